The van der Waals surface area contributed by atoms with Gasteiger partial charge in [-0.3, -0.25) is 19.8 Å². The molecule has 2 aromatic rings. The van der Waals surface area contributed by atoms with E-state index in [-0.39, 0.29) is 12.3 Å². The number of nitrogens with zero attached hydrogens (tertiary/aromatic N) is 1. The normalized spacial score (nSPS) is 15.5. The standard InChI is InChI=1S/C20H24N4O4/c25-18(24-27)13-20(7-11-22-12-8-20)23-19(26)16-1-3-17(4-2-16)28-14-15-5-9-21-10-6-15/h1-6,9-10,22,27H,7-8,11-14H2,(H,23,26)(H,24,25). The summed E-state index contributed by atoms with van der Waals surface area (Å²) in [6, 6.07) is 10.6. The fourth-order valence-corrected chi connectivity index (χ4v) is 3.26. The number of piperidine rings is 1. The van der Waals surface area contributed by atoms with E-state index in [4.69, 9.17) is 9.94 Å². The Kier molecular flexibility index (Phi) is 6.57. The molecular weight excluding hydrogens is 360 g/mol. The summed E-state index contributed by atoms with van der Waals surface area (Å²) >= 11 is 0. The molecule has 1 aromatic carbocycles. The molecule has 1 aromatic heterocycles. The van der Waals surface area contributed by atoms with Crippen LogP contribution in [-0.4, -0.2) is 40.6 Å². The maximum absolute atomic E-state index is 12.7. The molecular formula is C20H24N4O4. The average molecular weight is 384 g/mol. The number of rotatable bonds is 7. The average Bonchev–Trinajstić information content (AvgIpc) is 2.73. The Morgan fingerprint density at radius 3 is 2.43 bits per heavy atom. The zero-order valence-corrected chi connectivity index (χ0v) is 15.5. The molecule has 0 saturated carbocycles. The van der Waals surface area contributed by atoms with Crippen LogP contribution in [0.2, 0.25) is 0 Å². The van der Waals surface area contributed by atoms with Gasteiger partial charge in [-0.1, -0.05) is 0 Å². The first-order valence-electron chi connectivity index (χ1n) is 9.18. The summed E-state index contributed by atoms with van der Waals surface area (Å²) in [5, 5.41) is 15.1. The summed E-state index contributed by atoms with van der Waals surface area (Å²) in [6.07, 6.45) is 4.67. The molecule has 1 aliphatic heterocycles. The molecule has 2 heterocycles. The fraction of sp³-hybridized carbons (Fsp3) is 0.350. The lowest BCUT2D eigenvalue weighted by atomic mass is 9.84. The summed E-state index contributed by atoms with van der Waals surface area (Å²) < 4.78 is 5.72. The minimum atomic E-state index is -0.675. The van der Waals surface area contributed by atoms with Gasteiger partial charge in [0.05, 0.1) is 12.0 Å². The molecule has 2 amide bonds. The van der Waals surface area contributed by atoms with Crippen LogP contribution in [0.3, 0.4) is 0 Å². The minimum absolute atomic E-state index is 0.0318. The van der Waals surface area contributed by atoms with Crippen molar-refractivity contribution in [1.29, 1.82) is 0 Å². The van der Waals surface area contributed by atoms with E-state index < -0.39 is 11.4 Å². The summed E-state index contributed by atoms with van der Waals surface area (Å²) in [5.74, 6) is -0.111. The highest BCUT2D eigenvalue weighted by atomic mass is 16.5. The number of ether oxygens (including phenoxy) is 1. The van der Waals surface area contributed by atoms with Crippen LogP contribution in [0, 0.1) is 0 Å². The molecule has 1 aliphatic rings. The van der Waals surface area contributed by atoms with Crippen molar-refractivity contribution < 1.29 is 19.5 Å². The molecule has 0 unspecified atom stereocenters. The predicted octanol–water partition coefficient (Wildman–Crippen LogP) is 1.41. The molecule has 0 spiro atoms. The first-order valence-corrected chi connectivity index (χ1v) is 9.18. The van der Waals surface area contributed by atoms with E-state index in [1.165, 1.54) is 0 Å². The Morgan fingerprint density at radius 1 is 1.11 bits per heavy atom. The first-order chi connectivity index (χ1) is 13.6. The molecule has 0 atom stereocenters. The summed E-state index contributed by atoms with van der Waals surface area (Å²) in [6.45, 7) is 1.81. The monoisotopic (exact) mass is 384 g/mol. The molecule has 8 heteroatoms. The zero-order chi connectivity index (χ0) is 19.8. The van der Waals surface area contributed by atoms with Crippen molar-refractivity contribution in [1.82, 2.24) is 21.1 Å². The van der Waals surface area contributed by atoms with E-state index in [1.54, 1.807) is 42.1 Å². The van der Waals surface area contributed by atoms with Gasteiger partial charge in [-0.2, -0.15) is 0 Å². The molecule has 0 aliphatic carbocycles. The van der Waals surface area contributed by atoms with Crippen LogP contribution in [0.5, 0.6) is 5.75 Å². The molecule has 0 bridgehead atoms. The Balaban J connectivity index is 1.62. The van der Waals surface area contributed by atoms with Gasteiger partial charge in [0.1, 0.15) is 12.4 Å². The van der Waals surface area contributed by atoms with E-state index in [9.17, 15) is 9.59 Å². The van der Waals surface area contributed by atoms with Gasteiger partial charge in [-0.05, 0) is 67.9 Å². The van der Waals surface area contributed by atoms with Gasteiger partial charge in [0.25, 0.3) is 5.91 Å². The number of aromatic nitrogens is 1. The van der Waals surface area contributed by atoms with E-state index in [1.807, 2.05) is 12.1 Å². The summed E-state index contributed by atoms with van der Waals surface area (Å²) in [4.78, 5) is 28.4. The van der Waals surface area contributed by atoms with Crippen LogP contribution in [0.1, 0.15) is 35.2 Å². The maximum Gasteiger partial charge on any atom is 0.251 e. The van der Waals surface area contributed by atoms with Crippen molar-refractivity contribution in [2.45, 2.75) is 31.4 Å². The molecule has 28 heavy (non-hydrogen) atoms. The molecule has 3 rings (SSSR count). The smallest absolute Gasteiger partial charge is 0.251 e. The van der Waals surface area contributed by atoms with Gasteiger partial charge in [0.2, 0.25) is 5.91 Å². The number of carbonyl (C=O) groups excluding carboxylic acids is 2. The second-order valence-electron chi connectivity index (χ2n) is 6.86. The van der Waals surface area contributed by atoms with Gasteiger partial charge >= 0.3 is 0 Å². The third-order valence-electron chi connectivity index (χ3n) is 4.83. The number of benzene rings is 1. The largest absolute Gasteiger partial charge is 0.489 e. The van der Waals surface area contributed by atoms with Gasteiger partial charge < -0.3 is 15.4 Å². The quantitative estimate of drug-likeness (QED) is 0.424. The first kappa shape index (κ1) is 19.8. The number of amides is 2. The molecule has 8 nitrogen and oxygen atoms in total. The highest BCUT2D eigenvalue weighted by Gasteiger charge is 2.36. The second kappa shape index (κ2) is 9.29. The van der Waals surface area contributed by atoms with E-state index in [0.717, 1.165) is 5.56 Å². The van der Waals surface area contributed by atoms with Crippen LogP contribution in [-0.2, 0) is 11.4 Å². The van der Waals surface area contributed by atoms with Crippen molar-refractivity contribution in [3.63, 3.8) is 0 Å². The van der Waals surface area contributed by atoms with Gasteiger partial charge in [0.15, 0.2) is 0 Å². The second-order valence-corrected chi connectivity index (χ2v) is 6.86. The Hall–Kier alpha value is -2.97. The Morgan fingerprint density at radius 2 is 1.79 bits per heavy atom. The molecule has 4 N–H and O–H groups in total. The van der Waals surface area contributed by atoms with Gasteiger partial charge in [0, 0.05) is 18.0 Å². The minimum Gasteiger partial charge on any atom is -0.489 e. The topological polar surface area (TPSA) is 113 Å². The number of hydrogen-bond acceptors (Lipinski definition) is 6. The number of pyridine rings is 1. The highest BCUT2D eigenvalue weighted by molar-refractivity contribution is 5.95. The van der Waals surface area contributed by atoms with Crippen molar-refractivity contribution in [2.24, 2.45) is 0 Å². The lowest BCUT2D eigenvalue weighted by molar-refractivity contribution is -0.130. The lowest BCUT2D eigenvalue weighted by Gasteiger charge is -2.37. The SMILES string of the molecule is O=C(CC1(NC(=O)c2ccc(OCc3ccncc3)cc2)CCNCC1)NO. The number of hydrogen-bond donors (Lipinski definition) is 4. The number of nitrogens with one attached hydrogen (secondary N) is 3. The Bertz CT molecular complexity index is 790. The van der Waals surface area contributed by atoms with Crippen molar-refractivity contribution in [2.75, 3.05) is 13.1 Å². The summed E-state index contributed by atoms with van der Waals surface area (Å²) in [5.41, 5.74) is 2.47. The lowest BCUT2D eigenvalue weighted by Crippen LogP contribution is -2.56. The number of carbonyl (C=O) groups is 2. The molecule has 0 radical (unpaired) electrons. The third kappa shape index (κ3) is 5.28. The van der Waals surface area contributed by atoms with Crippen LogP contribution in [0.25, 0.3) is 0 Å². The molecule has 148 valence electrons. The van der Waals surface area contributed by atoms with E-state index in [2.05, 4.69) is 15.6 Å². The van der Waals surface area contributed by atoms with Crippen LogP contribution in [0.15, 0.2) is 48.8 Å². The fourth-order valence-electron chi connectivity index (χ4n) is 3.26. The van der Waals surface area contributed by atoms with Crippen LogP contribution in [0.4, 0.5) is 0 Å². The zero-order valence-electron chi connectivity index (χ0n) is 15.5. The Labute approximate surface area is 163 Å². The summed E-state index contributed by atoms with van der Waals surface area (Å²) in [7, 11) is 0. The maximum atomic E-state index is 12.7. The van der Waals surface area contributed by atoms with E-state index in [0.29, 0.717) is 43.9 Å². The third-order valence-corrected chi connectivity index (χ3v) is 4.83. The molecule has 1 saturated heterocycles. The van der Waals surface area contributed by atoms with Crippen LogP contribution >= 0.6 is 0 Å². The van der Waals surface area contributed by atoms with Gasteiger partial charge in [-0.25, -0.2) is 5.48 Å². The van der Waals surface area contributed by atoms with E-state index >= 15 is 0 Å². The number of hydroxylamine groups is 1. The van der Waals surface area contributed by atoms with Crippen molar-refractivity contribution in [3.8, 4) is 5.75 Å². The van der Waals surface area contributed by atoms with Crippen LogP contribution < -0.4 is 20.9 Å². The highest BCUT2D eigenvalue weighted by Crippen LogP contribution is 2.24. The predicted molar refractivity (Wildman–Crippen MR) is 102 cm³/mol. The molecule has 1 fully saturated rings. The van der Waals surface area contributed by atoms with Gasteiger partial charge in [-0.15, -0.1) is 0 Å². The van der Waals surface area contributed by atoms with Crippen molar-refractivity contribution in [3.05, 3.63) is 59.9 Å². The van der Waals surface area contributed by atoms with Crippen molar-refractivity contribution >= 4 is 11.8 Å².